The number of aromatic nitrogens is 3. The first-order chi connectivity index (χ1) is 14.1. The highest BCUT2D eigenvalue weighted by molar-refractivity contribution is 5.84. The van der Waals surface area contributed by atoms with E-state index in [0.29, 0.717) is 0 Å². The summed E-state index contributed by atoms with van der Waals surface area (Å²) in [7, 11) is 0. The molecule has 0 spiro atoms. The van der Waals surface area contributed by atoms with E-state index in [1.165, 1.54) is 6.07 Å². The lowest BCUT2D eigenvalue weighted by Gasteiger charge is -2.37. The van der Waals surface area contributed by atoms with Gasteiger partial charge in [-0.25, -0.2) is 19.7 Å². The molecule has 4 N–H and O–H groups in total. The monoisotopic (exact) mass is 430 g/mol. The van der Waals surface area contributed by atoms with Crippen molar-refractivity contribution in [3.05, 3.63) is 42.0 Å². The molecule has 0 aliphatic carbocycles. The molecule has 0 unspecified atom stereocenters. The second kappa shape index (κ2) is 8.77. The normalized spacial score (nSPS) is 24.3. The molecule has 2 aromatic heterocycles. The van der Waals surface area contributed by atoms with Crippen molar-refractivity contribution in [2.24, 2.45) is 0 Å². The lowest BCUT2D eigenvalue weighted by atomic mass is 9.98. The first kappa shape index (κ1) is 21.7. The van der Waals surface area contributed by atoms with Crippen molar-refractivity contribution in [3.63, 3.8) is 0 Å². The average Bonchev–Trinajstić information content (AvgIpc) is 2.71. The molecular weight excluding hydrogens is 413 g/mol. The Balaban J connectivity index is 1.57. The van der Waals surface area contributed by atoms with Crippen LogP contribution in [0.1, 0.15) is 16.2 Å². The van der Waals surface area contributed by atoms with Crippen molar-refractivity contribution >= 4 is 11.8 Å². The number of hydrogen-bond donors (Lipinski definition) is 4. The van der Waals surface area contributed by atoms with Gasteiger partial charge in [0.1, 0.15) is 36.4 Å². The molecule has 1 aliphatic heterocycles. The number of pyridine rings is 1. The number of carbonyl (C=O) groups is 1. The van der Waals surface area contributed by atoms with Gasteiger partial charge in [-0.2, -0.15) is 13.2 Å². The lowest BCUT2D eigenvalue weighted by molar-refractivity contribution is -0.150. The number of ether oxygens (including phenoxy) is 2. The summed E-state index contributed by atoms with van der Waals surface area (Å²) in [5, 5.41) is 31.9. The van der Waals surface area contributed by atoms with Gasteiger partial charge < -0.3 is 30.1 Å². The van der Waals surface area contributed by atoms with Gasteiger partial charge >= 0.3 is 12.1 Å². The van der Waals surface area contributed by atoms with Crippen LogP contribution in [0.25, 0.3) is 0 Å². The Morgan fingerprint density at radius 2 is 2.00 bits per heavy atom. The van der Waals surface area contributed by atoms with E-state index in [4.69, 9.17) is 14.6 Å². The van der Waals surface area contributed by atoms with Crippen molar-refractivity contribution in [2.75, 3.05) is 18.5 Å². The zero-order valence-electron chi connectivity index (χ0n) is 15.2. The number of carboxylic acids is 1. The Hall–Kier alpha value is -3.03. The van der Waals surface area contributed by atoms with Crippen LogP contribution in [0.2, 0.25) is 0 Å². The van der Waals surface area contributed by atoms with Crippen molar-refractivity contribution in [1.82, 2.24) is 15.0 Å². The van der Waals surface area contributed by atoms with E-state index in [1.54, 1.807) is 0 Å². The number of aliphatic hydroxyl groups excluding tert-OH is 2. The maximum Gasteiger partial charge on any atom is 0.433 e. The molecule has 1 aliphatic rings. The molecule has 0 radical (unpaired) electrons. The molecule has 13 heteroatoms. The standard InChI is InChI=1S/C17H17F3N4O6/c18-17(19,20)11-2-1-3-12(24-11)23-9-6-29-10(15(26)14(9)25)7-30-13-5-21-8(4-22-13)16(27)28/h1-5,9-10,14-15,25-26H,6-7H2,(H,23,24)(H,27,28)/t9-,10+,14+,15-/m0/s1. The molecule has 3 heterocycles. The third-order valence-corrected chi connectivity index (χ3v) is 4.25. The van der Waals surface area contributed by atoms with Crippen LogP contribution in [0, 0.1) is 0 Å². The zero-order chi connectivity index (χ0) is 21.9. The van der Waals surface area contributed by atoms with Gasteiger partial charge in [0, 0.05) is 0 Å². The van der Waals surface area contributed by atoms with E-state index in [-0.39, 0.29) is 30.6 Å². The number of halogens is 3. The summed E-state index contributed by atoms with van der Waals surface area (Å²) in [5.74, 6) is -1.40. The van der Waals surface area contributed by atoms with Crippen molar-refractivity contribution < 1.29 is 42.8 Å². The van der Waals surface area contributed by atoms with Crippen molar-refractivity contribution in [1.29, 1.82) is 0 Å². The van der Waals surface area contributed by atoms with Gasteiger partial charge in [0.15, 0.2) is 5.69 Å². The van der Waals surface area contributed by atoms with Crippen LogP contribution < -0.4 is 10.1 Å². The van der Waals surface area contributed by atoms with Gasteiger partial charge in [-0.15, -0.1) is 0 Å². The second-order valence-electron chi connectivity index (χ2n) is 6.37. The minimum absolute atomic E-state index is 0.0151. The van der Waals surface area contributed by atoms with E-state index in [1.807, 2.05) is 0 Å². The minimum Gasteiger partial charge on any atom is -0.476 e. The van der Waals surface area contributed by atoms with E-state index < -0.39 is 42.2 Å². The largest absolute Gasteiger partial charge is 0.476 e. The molecule has 162 valence electrons. The van der Waals surface area contributed by atoms with E-state index in [2.05, 4.69) is 20.3 Å². The Kier molecular flexibility index (Phi) is 6.34. The van der Waals surface area contributed by atoms with Crippen LogP contribution in [0.15, 0.2) is 30.6 Å². The number of rotatable bonds is 6. The fourth-order valence-corrected chi connectivity index (χ4v) is 2.69. The summed E-state index contributed by atoms with van der Waals surface area (Å²) in [6, 6.07) is 2.36. The number of aromatic carboxylic acids is 1. The van der Waals surface area contributed by atoms with Crippen LogP contribution in [-0.4, -0.2) is 73.8 Å². The third-order valence-electron chi connectivity index (χ3n) is 4.25. The van der Waals surface area contributed by atoms with Crippen molar-refractivity contribution in [2.45, 2.75) is 30.5 Å². The van der Waals surface area contributed by atoms with Gasteiger partial charge in [0.2, 0.25) is 5.88 Å². The fourth-order valence-electron chi connectivity index (χ4n) is 2.69. The van der Waals surface area contributed by atoms with Gasteiger partial charge in [0.05, 0.1) is 25.0 Å². The minimum atomic E-state index is -4.62. The summed E-state index contributed by atoms with van der Waals surface area (Å²) in [6.45, 7) is -0.373. The molecule has 1 fully saturated rings. The summed E-state index contributed by atoms with van der Waals surface area (Å²) in [5.41, 5.74) is -1.37. The second-order valence-corrected chi connectivity index (χ2v) is 6.37. The highest BCUT2D eigenvalue weighted by atomic mass is 19.4. The van der Waals surface area contributed by atoms with Gasteiger partial charge in [-0.1, -0.05) is 6.07 Å². The number of hydrogen-bond acceptors (Lipinski definition) is 9. The number of nitrogens with one attached hydrogen (secondary N) is 1. The average molecular weight is 430 g/mol. The van der Waals surface area contributed by atoms with E-state index in [0.717, 1.165) is 24.5 Å². The first-order valence-corrected chi connectivity index (χ1v) is 8.62. The van der Waals surface area contributed by atoms with E-state index >= 15 is 0 Å². The van der Waals surface area contributed by atoms with Crippen molar-refractivity contribution in [3.8, 4) is 5.88 Å². The summed E-state index contributed by atoms with van der Waals surface area (Å²) in [6.07, 6.45) is -6.32. The third kappa shape index (κ3) is 5.11. The van der Waals surface area contributed by atoms with E-state index in [9.17, 15) is 28.2 Å². The highest BCUT2D eigenvalue weighted by Crippen LogP contribution is 2.28. The number of carboxylic acid groups (broad SMARTS) is 1. The van der Waals surface area contributed by atoms with Crippen LogP contribution in [-0.2, 0) is 10.9 Å². The predicted molar refractivity (Wildman–Crippen MR) is 92.9 cm³/mol. The molecule has 0 aromatic carbocycles. The summed E-state index contributed by atoms with van der Waals surface area (Å²) >= 11 is 0. The molecule has 0 amide bonds. The maximum absolute atomic E-state index is 12.8. The molecule has 0 bridgehead atoms. The quantitative estimate of drug-likeness (QED) is 0.513. The predicted octanol–water partition coefficient (Wildman–Crippen LogP) is 0.569. The smallest absolute Gasteiger partial charge is 0.433 e. The molecule has 2 aromatic rings. The van der Waals surface area contributed by atoms with Crippen LogP contribution in [0.5, 0.6) is 5.88 Å². The topological polar surface area (TPSA) is 147 Å². The molecular formula is C17H17F3N4O6. The van der Waals surface area contributed by atoms with Gasteiger partial charge in [-0.3, -0.25) is 0 Å². The maximum atomic E-state index is 12.8. The molecule has 1 saturated heterocycles. The Morgan fingerprint density at radius 1 is 1.23 bits per heavy atom. The van der Waals surface area contributed by atoms with Crippen LogP contribution in [0.3, 0.4) is 0 Å². The molecule has 10 nitrogen and oxygen atoms in total. The Morgan fingerprint density at radius 3 is 2.63 bits per heavy atom. The Labute approximate surface area is 167 Å². The zero-order valence-corrected chi connectivity index (χ0v) is 15.2. The fraction of sp³-hybridized carbons (Fsp3) is 0.412. The van der Waals surface area contributed by atoms with Gasteiger partial charge in [0.25, 0.3) is 0 Å². The molecule has 30 heavy (non-hydrogen) atoms. The Bertz CT molecular complexity index is 883. The van der Waals surface area contributed by atoms with Gasteiger partial charge in [-0.05, 0) is 12.1 Å². The number of nitrogens with zero attached hydrogens (tertiary/aromatic N) is 3. The molecule has 3 rings (SSSR count). The van der Waals surface area contributed by atoms with Crippen LogP contribution >= 0.6 is 0 Å². The lowest BCUT2D eigenvalue weighted by Crippen LogP contribution is -2.57. The van der Waals surface area contributed by atoms with Crippen LogP contribution in [0.4, 0.5) is 19.0 Å². The number of alkyl halides is 3. The molecule has 4 atom stereocenters. The summed E-state index contributed by atoms with van der Waals surface area (Å²) in [4.78, 5) is 21.6. The SMILES string of the molecule is O=C(O)c1cnc(OC[C@H]2OC[C@H](Nc3cccc(C(F)(F)F)n3)[C@@H](O)[C@H]2O)cn1. The number of aliphatic hydroxyl groups is 2. The first-order valence-electron chi connectivity index (χ1n) is 8.62. The molecule has 0 saturated carbocycles. The summed E-state index contributed by atoms with van der Waals surface area (Å²) < 4.78 is 49.0. The highest BCUT2D eigenvalue weighted by Gasteiger charge is 2.39. The number of anilines is 1.